The highest BCUT2D eigenvalue weighted by atomic mass is 19.1. The molecule has 1 amide bonds. The highest BCUT2D eigenvalue weighted by Gasteiger charge is 2.13. The normalized spacial score (nSPS) is 10.5. The summed E-state index contributed by atoms with van der Waals surface area (Å²) in [4.78, 5) is 23.9. The predicted octanol–water partition coefficient (Wildman–Crippen LogP) is 3.84. The number of halogens is 2. The van der Waals surface area contributed by atoms with Gasteiger partial charge in [0.15, 0.2) is 0 Å². The second-order valence-electron chi connectivity index (χ2n) is 5.58. The molecule has 0 aliphatic carbocycles. The van der Waals surface area contributed by atoms with E-state index in [1.165, 1.54) is 0 Å². The van der Waals surface area contributed by atoms with E-state index in [9.17, 15) is 18.4 Å². The molecular formula is C20H15F2NO3. The SMILES string of the molecule is O=C(CCNC(=O)c1ccc(F)cc1F)Oc1cccc2ccccc12. The lowest BCUT2D eigenvalue weighted by molar-refractivity contribution is -0.134. The number of hydrogen-bond donors (Lipinski definition) is 1. The zero-order valence-corrected chi connectivity index (χ0v) is 13.7. The Morgan fingerprint density at radius 3 is 2.54 bits per heavy atom. The Labute approximate surface area is 148 Å². The average molecular weight is 355 g/mol. The van der Waals surface area contributed by atoms with E-state index >= 15 is 0 Å². The van der Waals surface area contributed by atoms with Gasteiger partial charge in [-0.3, -0.25) is 9.59 Å². The van der Waals surface area contributed by atoms with Crippen LogP contribution >= 0.6 is 0 Å². The maximum Gasteiger partial charge on any atom is 0.312 e. The molecule has 0 atom stereocenters. The van der Waals surface area contributed by atoms with E-state index in [2.05, 4.69) is 5.32 Å². The molecule has 3 aromatic rings. The molecule has 0 saturated heterocycles. The number of carbonyl (C=O) groups is 2. The lowest BCUT2D eigenvalue weighted by Gasteiger charge is -2.09. The van der Waals surface area contributed by atoms with Crippen molar-refractivity contribution in [3.63, 3.8) is 0 Å². The molecule has 1 N–H and O–H groups in total. The molecule has 0 radical (unpaired) electrons. The van der Waals surface area contributed by atoms with Crippen LogP contribution in [0.1, 0.15) is 16.8 Å². The van der Waals surface area contributed by atoms with Crippen molar-refractivity contribution in [2.24, 2.45) is 0 Å². The maximum absolute atomic E-state index is 13.5. The first-order chi connectivity index (χ1) is 12.5. The van der Waals surface area contributed by atoms with Crippen LogP contribution in [0.5, 0.6) is 5.75 Å². The first kappa shape index (κ1) is 17.5. The van der Waals surface area contributed by atoms with Crippen molar-refractivity contribution in [1.29, 1.82) is 0 Å². The largest absolute Gasteiger partial charge is 0.426 e. The van der Waals surface area contributed by atoms with Gasteiger partial charge < -0.3 is 10.1 Å². The molecule has 26 heavy (non-hydrogen) atoms. The van der Waals surface area contributed by atoms with Crippen LogP contribution in [0.2, 0.25) is 0 Å². The van der Waals surface area contributed by atoms with Crippen LogP contribution < -0.4 is 10.1 Å². The summed E-state index contributed by atoms with van der Waals surface area (Å²) in [5, 5.41) is 4.16. The van der Waals surface area contributed by atoms with Gasteiger partial charge in [0, 0.05) is 18.0 Å². The molecular weight excluding hydrogens is 340 g/mol. The molecule has 3 aromatic carbocycles. The summed E-state index contributed by atoms with van der Waals surface area (Å²) in [6.07, 6.45) is -0.0855. The summed E-state index contributed by atoms with van der Waals surface area (Å²) in [5.41, 5.74) is -0.283. The topological polar surface area (TPSA) is 55.4 Å². The monoisotopic (exact) mass is 355 g/mol. The van der Waals surface area contributed by atoms with Crippen molar-refractivity contribution in [2.75, 3.05) is 6.54 Å². The van der Waals surface area contributed by atoms with E-state index in [1.807, 2.05) is 30.3 Å². The molecule has 3 rings (SSSR count). The number of benzene rings is 3. The fourth-order valence-corrected chi connectivity index (χ4v) is 2.51. The van der Waals surface area contributed by atoms with Crippen LogP contribution in [-0.2, 0) is 4.79 Å². The van der Waals surface area contributed by atoms with E-state index in [0.29, 0.717) is 11.8 Å². The van der Waals surface area contributed by atoms with Gasteiger partial charge in [0.05, 0.1) is 12.0 Å². The Hall–Kier alpha value is -3.28. The summed E-state index contributed by atoms with van der Waals surface area (Å²) in [7, 11) is 0. The Morgan fingerprint density at radius 1 is 0.962 bits per heavy atom. The number of amides is 1. The molecule has 132 valence electrons. The van der Waals surface area contributed by atoms with Crippen LogP contribution in [0.15, 0.2) is 60.7 Å². The molecule has 0 spiro atoms. The van der Waals surface area contributed by atoms with Gasteiger partial charge in [-0.1, -0.05) is 36.4 Å². The fourth-order valence-electron chi connectivity index (χ4n) is 2.51. The minimum Gasteiger partial charge on any atom is -0.426 e. The minimum atomic E-state index is -0.958. The lowest BCUT2D eigenvalue weighted by Crippen LogP contribution is -2.27. The van der Waals surface area contributed by atoms with Gasteiger partial charge in [0.25, 0.3) is 5.91 Å². The van der Waals surface area contributed by atoms with E-state index < -0.39 is 23.5 Å². The van der Waals surface area contributed by atoms with E-state index in [4.69, 9.17) is 4.74 Å². The molecule has 0 fully saturated rings. The summed E-state index contributed by atoms with van der Waals surface area (Å²) < 4.78 is 31.7. The summed E-state index contributed by atoms with van der Waals surface area (Å²) in [6, 6.07) is 15.5. The molecule has 0 saturated carbocycles. The highest BCUT2D eigenvalue weighted by Crippen LogP contribution is 2.25. The van der Waals surface area contributed by atoms with E-state index in [1.54, 1.807) is 12.1 Å². The van der Waals surface area contributed by atoms with Gasteiger partial charge in [0.2, 0.25) is 0 Å². The molecule has 4 nitrogen and oxygen atoms in total. The van der Waals surface area contributed by atoms with Crippen LogP contribution in [0.25, 0.3) is 10.8 Å². The zero-order valence-electron chi connectivity index (χ0n) is 13.7. The lowest BCUT2D eigenvalue weighted by atomic mass is 10.1. The standard InChI is InChI=1S/C20H15F2NO3/c21-14-8-9-16(17(22)12-14)20(25)23-11-10-19(24)26-18-7-3-5-13-4-1-2-6-15(13)18/h1-9,12H,10-11H2,(H,23,25). The van der Waals surface area contributed by atoms with Crippen molar-refractivity contribution >= 4 is 22.6 Å². The first-order valence-electron chi connectivity index (χ1n) is 7.96. The van der Waals surface area contributed by atoms with Crippen molar-refractivity contribution in [2.45, 2.75) is 6.42 Å². The van der Waals surface area contributed by atoms with E-state index in [-0.39, 0.29) is 18.5 Å². The average Bonchev–Trinajstić information content (AvgIpc) is 2.62. The van der Waals surface area contributed by atoms with Gasteiger partial charge in [0.1, 0.15) is 17.4 Å². The van der Waals surface area contributed by atoms with Crippen LogP contribution in [0.4, 0.5) is 8.78 Å². The number of fused-ring (bicyclic) bond motifs is 1. The molecule has 0 aliphatic rings. The van der Waals surface area contributed by atoms with Gasteiger partial charge in [-0.25, -0.2) is 8.78 Å². The summed E-state index contributed by atoms with van der Waals surface area (Å²) in [5.74, 6) is -2.54. The highest BCUT2D eigenvalue weighted by molar-refractivity contribution is 5.94. The molecule has 6 heteroatoms. The van der Waals surface area contributed by atoms with Crippen molar-refractivity contribution in [3.8, 4) is 5.75 Å². The van der Waals surface area contributed by atoms with Gasteiger partial charge >= 0.3 is 5.97 Å². The Bertz CT molecular complexity index is 967. The number of carbonyl (C=O) groups excluding carboxylic acids is 2. The van der Waals surface area contributed by atoms with Crippen molar-refractivity contribution < 1.29 is 23.1 Å². The summed E-state index contributed by atoms with van der Waals surface area (Å²) >= 11 is 0. The number of ether oxygens (including phenoxy) is 1. The minimum absolute atomic E-state index is 0.0285. The molecule has 0 aliphatic heterocycles. The van der Waals surface area contributed by atoms with Gasteiger partial charge in [-0.05, 0) is 23.6 Å². The first-order valence-corrected chi connectivity index (χ1v) is 7.96. The smallest absolute Gasteiger partial charge is 0.312 e. The maximum atomic E-state index is 13.5. The molecule has 0 bridgehead atoms. The van der Waals surface area contributed by atoms with Gasteiger partial charge in [-0.15, -0.1) is 0 Å². The van der Waals surface area contributed by atoms with Gasteiger partial charge in [-0.2, -0.15) is 0 Å². The Kier molecular flexibility index (Phi) is 5.22. The zero-order chi connectivity index (χ0) is 18.5. The van der Waals surface area contributed by atoms with E-state index in [0.717, 1.165) is 22.9 Å². The van der Waals surface area contributed by atoms with Crippen LogP contribution in [0, 0.1) is 11.6 Å². The quantitative estimate of drug-likeness (QED) is 0.559. The second kappa shape index (κ2) is 7.74. The molecule has 0 aromatic heterocycles. The Balaban J connectivity index is 1.56. The second-order valence-corrected chi connectivity index (χ2v) is 5.58. The predicted molar refractivity (Wildman–Crippen MR) is 92.9 cm³/mol. The third kappa shape index (κ3) is 4.03. The molecule has 0 unspecified atom stereocenters. The number of hydrogen-bond acceptors (Lipinski definition) is 3. The number of rotatable bonds is 5. The van der Waals surface area contributed by atoms with Crippen molar-refractivity contribution in [1.82, 2.24) is 5.32 Å². The Morgan fingerprint density at radius 2 is 1.73 bits per heavy atom. The fraction of sp³-hybridized carbons (Fsp3) is 0.100. The number of nitrogens with one attached hydrogen (secondary N) is 1. The van der Waals surface area contributed by atoms with Crippen LogP contribution in [-0.4, -0.2) is 18.4 Å². The third-order valence-corrected chi connectivity index (χ3v) is 3.76. The third-order valence-electron chi connectivity index (χ3n) is 3.76. The number of esters is 1. The molecule has 0 heterocycles. The summed E-state index contributed by atoms with van der Waals surface area (Å²) in [6.45, 7) is -0.0285. The van der Waals surface area contributed by atoms with Crippen LogP contribution in [0.3, 0.4) is 0 Å². The van der Waals surface area contributed by atoms with Crippen molar-refractivity contribution in [3.05, 3.63) is 77.9 Å².